The summed E-state index contributed by atoms with van der Waals surface area (Å²) < 4.78 is 19.4. The molecule has 0 aliphatic carbocycles. The Balaban J connectivity index is 1.53. The number of carbonyl (C=O) groups excluding carboxylic acids is 1. The van der Waals surface area contributed by atoms with E-state index in [1.165, 1.54) is 11.6 Å². The molecule has 4 nitrogen and oxygen atoms in total. The molecule has 0 saturated carbocycles. The monoisotopic (exact) mass is 328 g/mol. The Labute approximate surface area is 141 Å². The van der Waals surface area contributed by atoms with Crippen LogP contribution in [-0.4, -0.2) is 36.7 Å². The quantitative estimate of drug-likeness (QED) is 0.930. The van der Waals surface area contributed by atoms with Crippen molar-refractivity contribution in [2.24, 2.45) is 0 Å². The van der Waals surface area contributed by atoms with Gasteiger partial charge in [-0.05, 0) is 30.5 Å². The van der Waals surface area contributed by atoms with Crippen LogP contribution in [0.1, 0.15) is 12.0 Å². The topological polar surface area (TPSA) is 41.6 Å². The van der Waals surface area contributed by atoms with Crippen molar-refractivity contribution in [2.45, 2.75) is 18.9 Å². The second-order valence-electron chi connectivity index (χ2n) is 5.87. The summed E-state index contributed by atoms with van der Waals surface area (Å²) in [6, 6.07) is 16.1. The highest BCUT2D eigenvalue weighted by atomic mass is 19.1. The lowest BCUT2D eigenvalue weighted by atomic mass is 10.1. The van der Waals surface area contributed by atoms with Gasteiger partial charge in [0, 0.05) is 13.1 Å². The van der Waals surface area contributed by atoms with Crippen molar-refractivity contribution < 1.29 is 13.9 Å². The molecule has 1 fully saturated rings. The number of carbonyl (C=O) groups is 1. The van der Waals surface area contributed by atoms with Crippen molar-refractivity contribution in [1.29, 1.82) is 0 Å². The Kier molecular flexibility index (Phi) is 5.43. The molecule has 0 aromatic heterocycles. The summed E-state index contributed by atoms with van der Waals surface area (Å²) in [4.78, 5) is 14.0. The normalized spacial score (nSPS) is 17.5. The summed E-state index contributed by atoms with van der Waals surface area (Å²) in [5.74, 6) is -0.431. The largest absolute Gasteiger partial charge is 0.375 e. The van der Waals surface area contributed by atoms with Crippen LogP contribution in [-0.2, 0) is 11.2 Å². The zero-order chi connectivity index (χ0) is 16.8. The SMILES string of the molecule is O=C(Nc1ccccc1F)N1CCOC(CCc2ccccc2)C1. The Morgan fingerprint density at radius 3 is 2.71 bits per heavy atom. The van der Waals surface area contributed by atoms with Crippen molar-refractivity contribution in [3.8, 4) is 0 Å². The van der Waals surface area contributed by atoms with Crippen LogP contribution >= 0.6 is 0 Å². The maximum absolute atomic E-state index is 13.6. The number of aryl methyl sites for hydroxylation is 1. The third-order valence-electron chi connectivity index (χ3n) is 4.14. The van der Waals surface area contributed by atoms with Crippen LogP contribution in [0.25, 0.3) is 0 Å². The summed E-state index contributed by atoms with van der Waals surface area (Å²) >= 11 is 0. The molecule has 0 bridgehead atoms. The number of morpholine rings is 1. The first kappa shape index (κ1) is 16.5. The van der Waals surface area contributed by atoms with Crippen LogP contribution in [0.5, 0.6) is 0 Å². The Morgan fingerprint density at radius 1 is 1.17 bits per heavy atom. The van der Waals surface area contributed by atoms with Gasteiger partial charge in [-0.3, -0.25) is 0 Å². The maximum atomic E-state index is 13.6. The Bertz CT molecular complexity index is 678. The first-order valence-electron chi connectivity index (χ1n) is 8.18. The molecule has 2 amide bonds. The molecule has 1 heterocycles. The number of halogens is 1. The summed E-state index contributed by atoms with van der Waals surface area (Å²) in [6.07, 6.45) is 1.77. The molecular weight excluding hydrogens is 307 g/mol. The molecule has 1 aliphatic rings. The zero-order valence-electron chi connectivity index (χ0n) is 13.5. The molecule has 126 valence electrons. The van der Waals surface area contributed by atoms with Crippen LogP contribution < -0.4 is 5.32 Å². The lowest BCUT2D eigenvalue weighted by molar-refractivity contribution is -0.0157. The highest BCUT2D eigenvalue weighted by Gasteiger charge is 2.24. The number of amides is 2. The average molecular weight is 328 g/mol. The van der Waals surface area contributed by atoms with Gasteiger partial charge in [0.1, 0.15) is 5.82 Å². The molecule has 24 heavy (non-hydrogen) atoms. The van der Waals surface area contributed by atoms with Gasteiger partial charge in [-0.1, -0.05) is 42.5 Å². The number of hydrogen-bond donors (Lipinski definition) is 1. The minimum Gasteiger partial charge on any atom is -0.375 e. The molecule has 0 spiro atoms. The number of ether oxygens (including phenoxy) is 1. The van der Waals surface area contributed by atoms with Gasteiger partial charge in [-0.2, -0.15) is 0 Å². The van der Waals surface area contributed by atoms with Crippen LogP contribution in [0, 0.1) is 5.82 Å². The number of benzene rings is 2. The van der Waals surface area contributed by atoms with E-state index in [1.54, 1.807) is 23.1 Å². The molecule has 1 N–H and O–H groups in total. The lowest BCUT2D eigenvalue weighted by Gasteiger charge is -2.33. The summed E-state index contributed by atoms with van der Waals surface area (Å²) in [7, 11) is 0. The first-order chi connectivity index (χ1) is 11.7. The lowest BCUT2D eigenvalue weighted by Crippen LogP contribution is -2.47. The minimum atomic E-state index is -0.431. The van der Waals surface area contributed by atoms with Gasteiger partial charge in [-0.25, -0.2) is 9.18 Å². The van der Waals surface area contributed by atoms with E-state index in [1.807, 2.05) is 18.2 Å². The number of anilines is 1. The number of hydrogen-bond acceptors (Lipinski definition) is 2. The molecular formula is C19H21FN2O2. The fourth-order valence-corrected chi connectivity index (χ4v) is 2.81. The van der Waals surface area contributed by atoms with Gasteiger partial charge < -0.3 is 15.0 Å². The van der Waals surface area contributed by atoms with Crippen LogP contribution in [0.3, 0.4) is 0 Å². The molecule has 1 aliphatic heterocycles. The van der Waals surface area contributed by atoms with E-state index in [0.29, 0.717) is 19.7 Å². The van der Waals surface area contributed by atoms with Gasteiger partial charge in [-0.15, -0.1) is 0 Å². The van der Waals surface area contributed by atoms with Gasteiger partial charge >= 0.3 is 6.03 Å². The van der Waals surface area contributed by atoms with E-state index in [2.05, 4.69) is 17.4 Å². The maximum Gasteiger partial charge on any atom is 0.322 e. The highest BCUT2D eigenvalue weighted by molar-refractivity contribution is 5.89. The number of nitrogens with one attached hydrogen (secondary N) is 1. The Morgan fingerprint density at radius 2 is 1.92 bits per heavy atom. The highest BCUT2D eigenvalue weighted by Crippen LogP contribution is 2.16. The first-order valence-corrected chi connectivity index (χ1v) is 8.18. The molecule has 1 atom stereocenters. The van der Waals surface area contributed by atoms with Crippen LogP contribution in [0.2, 0.25) is 0 Å². The van der Waals surface area contributed by atoms with E-state index in [4.69, 9.17) is 4.74 Å². The summed E-state index contributed by atoms with van der Waals surface area (Å²) in [5.41, 5.74) is 1.46. The third kappa shape index (κ3) is 4.32. The second-order valence-corrected chi connectivity index (χ2v) is 5.87. The van der Waals surface area contributed by atoms with Crippen molar-refractivity contribution in [3.63, 3.8) is 0 Å². The number of rotatable bonds is 4. The predicted molar refractivity (Wildman–Crippen MR) is 91.5 cm³/mol. The molecule has 1 unspecified atom stereocenters. The number of para-hydroxylation sites is 1. The zero-order valence-corrected chi connectivity index (χ0v) is 13.5. The molecule has 5 heteroatoms. The van der Waals surface area contributed by atoms with Crippen molar-refractivity contribution in [3.05, 3.63) is 66.0 Å². The van der Waals surface area contributed by atoms with E-state index < -0.39 is 5.82 Å². The molecule has 1 saturated heterocycles. The van der Waals surface area contributed by atoms with E-state index in [-0.39, 0.29) is 17.8 Å². The fraction of sp³-hybridized carbons (Fsp3) is 0.316. The summed E-state index contributed by atoms with van der Waals surface area (Å²) in [6.45, 7) is 1.54. The van der Waals surface area contributed by atoms with Gasteiger partial charge in [0.15, 0.2) is 0 Å². The second kappa shape index (κ2) is 7.93. The molecule has 0 radical (unpaired) electrons. The third-order valence-corrected chi connectivity index (χ3v) is 4.14. The van der Waals surface area contributed by atoms with E-state index in [9.17, 15) is 9.18 Å². The van der Waals surface area contributed by atoms with Crippen LogP contribution in [0.4, 0.5) is 14.9 Å². The van der Waals surface area contributed by atoms with Gasteiger partial charge in [0.2, 0.25) is 0 Å². The van der Waals surface area contributed by atoms with Crippen molar-refractivity contribution >= 4 is 11.7 Å². The van der Waals surface area contributed by atoms with Crippen molar-refractivity contribution in [2.75, 3.05) is 25.0 Å². The smallest absolute Gasteiger partial charge is 0.322 e. The van der Waals surface area contributed by atoms with E-state index >= 15 is 0 Å². The molecule has 2 aromatic carbocycles. The predicted octanol–water partition coefficient (Wildman–Crippen LogP) is 3.69. The number of urea groups is 1. The standard InChI is InChI=1S/C19H21FN2O2/c20-17-8-4-5-9-18(17)21-19(23)22-12-13-24-16(14-22)11-10-15-6-2-1-3-7-15/h1-9,16H,10-14H2,(H,21,23). The molecule has 2 aromatic rings. The number of nitrogens with zero attached hydrogens (tertiary/aromatic N) is 1. The minimum absolute atomic E-state index is 0.00493. The van der Waals surface area contributed by atoms with Crippen molar-refractivity contribution in [1.82, 2.24) is 4.90 Å². The Hall–Kier alpha value is -2.40. The van der Waals surface area contributed by atoms with Gasteiger partial charge in [0.25, 0.3) is 0 Å². The fourth-order valence-electron chi connectivity index (χ4n) is 2.81. The average Bonchev–Trinajstić information content (AvgIpc) is 2.63. The summed E-state index contributed by atoms with van der Waals surface area (Å²) in [5, 5.41) is 2.63. The van der Waals surface area contributed by atoms with Crippen LogP contribution in [0.15, 0.2) is 54.6 Å². The van der Waals surface area contributed by atoms with Gasteiger partial charge in [0.05, 0.1) is 18.4 Å². The van der Waals surface area contributed by atoms with E-state index in [0.717, 1.165) is 12.8 Å². The molecule has 3 rings (SSSR count).